The van der Waals surface area contributed by atoms with Crippen molar-refractivity contribution in [1.29, 1.82) is 0 Å². The first-order chi connectivity index (χ1) is 6.76. The van der Waals surface area contributed by atoms with Crippen molar-refractivity contribution < 1.29 is 0 Å². The number of hydrogen-bond donors (Lipinski definition) is 1. The van der Waals surface area contributed by atoms with E-state index >= 15 is 0 Å². The summed E-state index contributed by atoms with van der Waals surface area (Å²) in [6, 6.07) is 6.93. The van der Waals surface area contributed by atoms with Gasteiger partial charge < -0.3 is 5.73 Å². The van der Waals surface area contributed by atoms with E-state index in [9.17, 15) is 0 Å². The molecule has 2 aliphatic rings. The van der Waals surface area contributed by atoms with Crippen molar-refractivity contribution in [3.8, 4) is 0 Å². The lowest BCUT2D eigenvalue weighted by atomic mass is 9.94. The summed E-state index contributed by atoms with van der Waals surface area (Å²) in [5.41, 5.74) is 10.9. The van der Waals surface area contributed by atoms with Crippen LogP contribution in [0.4, 0.5) is 0 Å². The first kappa shape index (κ1) is 8.49. The van der Waals surface area contributed by atoms with Crippen molar-refractivity contribution in [2.75, 3.05) is 6.54 Å². The minimum Gasteiger partial charge on any atom is -0.330 e. The lowest BCUT2D eigenvalue weighted by Gasteiger charge is -2.11. The van der Waals surface area contributed by atoms with Gasteiger partial charge in [-0.2, -0.15) is 0 Å². The maximum Gasteiger partial charge on any atom is 0.000298 e. The fourth-order valence-corrected chi connectivity index (χ4v) is 3.19. The van der Waals surface area contributed by atoms with Gasteiger partial charge in [-0.3, -0.25) is 0 Å². The summed E-state index contributed by atoms with van der Waals surface area (Å²) in [6.07, 6.45) is 3.94. The molecule has 1 fully saturated rings. The molecule has 74 valence electrons. The van der Waals surface area contributed by atoms with Crippen molar-refractivity contribution in [3.05, 3.63) is 34.9 Å². The second-order valence-corrected chi connectivity index (χ2v) is 4.95. The van der Waals surface area contributed by atoms with E-state index in [0.29, 0.717) is 5.41 Å². The number of rotatable bonds is 1. The van der Waals surface area contributed by atoms with Crippen LogP contribution < -0.4 is 5.73 Å². The quantitative estimate of drug-likeness (QED) is 0.716. The lowest BCUT2D eigenvalue weighted by molar-refractivity contribution is 0.601. The van der Waals surface area contributed by atoms with E-state index in [1.54, 1.807) is 11.1 Å². The van der Waals surface area contributed by atoms with Crippen LogP contribution in [0.3, 0.4) is 0 Å². The van der Waals surface area contributed by atoms with E-state index in [1.165, 1.54) is 24.8 Å². The number of nitrogens with two attached hydrogens (primary N) is 1. The predicted molar refractivity (Wildman–Crippen MR) is 58.3 cm³/mol. The Kier molecular flexibility index (Phi) is 1.58. The third-order valence-electron chi connectivity index (χ3n) is 4.16. The SMILES string of the molecule is Cc1ccc2c(c1)C1(CC2)CC1CN. The highest BCUT2D eigenvalue weighted by atomic mass is 14.7. The van der Waals surface area contributed by atoms with Crippen molar-refractivity contribution in [3.63, 3.8) is 0 Å². The maximum atomic E-state index is 5.78. The van der Waals surface area contributed by atoms with E-state index in [1.807, 2.05) is 0 Å². The van der Waals surface area contributed by atoms with Gasteiger partial charge in [0.1, 0.15) is 0 Å². The third-order valence-corrected chi connectivity index (χ3v) is 4.16. The number of aryl methyl sites for hydroxylation is 2. The minimum absolute atomic E-state index is 0.510. The molecule has 14 heavy (non-hydrogen) atoms. The summed E-state index contributed by atoms with van der Waals surface area (Å²) >= 11 is 0. The molecule has 0 saturated heterocycles. The molecule has 0 radical (unpaired) electrons. The monoisotopic (exact) mass is 187 g/mol. The van der Waals surface area contributed by atoms with Gasteiger partial charge >= 0.3 is 0 Å². The maximum absolute atomic E-state index is 5.78. The predicted octanol–water partition coefficient (Wildman–Crippen LogP) is 2.16. The summed E-state index contributed by atoms with van der Waals surface area (Å²) in [7, 11) is 0. The van der Waals surface area contributed by atoms with Gasteiger partial charge in [-0.05, 0) is 49.8 Å². The van der Waals surface area contributed by atoms with Crippen LogP contribution in [0.2, 0.25) is 0 Å². The van der Waals surface area contributed by atoms with Crippen LogP contribution in [-0.4, -0.2) is 6.54 Å². The Labute approximate surface area is 85.3 Å². The fraction of sp³-hybridized carbons (Fsp3) is 0.538. The van der Waals surface area contributed by atoms with Gasteiger partial charge in [-0.1, -0.05) is 23.8 Å². The smallest absolute Gasteiger partial charge is 0.000298 e. The van der Waals surface area contributed by atoms with E-state index in [0.717, 1.165) is 12.5 Å². The zero-order valence-electron chi connectivity index (χ0n) is 8.72. The second-order valence-electron chi connectivity index (χ2n) is 4.95. The summed E-state index contributed by atoms with van der Waals surface area (Å²) < 4.78 is 0. The average molecular weight is 187 g/mol. The van der Waals surface area contributed by atoms with Crippen LogP contribution in [0.5, 0.6) is 0 Å². The van der Waals surface area contributed by atoms with Gasteiger partial charge in [0.25, 0.3) is 0 Å². The first-order valence-corrected chi connectivity index (χ1v) is 5.56. The Morgan fingerprint density at radius 2 is 2.36 bits per heavy atom. The molecule has 0 amide bonds. The highest BCUT2D eigenvalue weighted by Gasteiger charge is 2.56. The van der Waals surface area contributed by atoms with E-state index in [-0.39, 0.29) is 0 Å². The molecule has 2 unspecified atom stereocenters. The highest BCUT2D eigenvalue weighted by Crippen LogP contribution is 2.61. The molecular weight excluding hydrogens is 170 g/mol. The zero-order chi connectivity index (χ0) is 9.76. The van der Waals surface area contributed by atoms with Gasteiger partial charge in [0.2, 0.25) is 0 Å². The molecule has 1 heteroatoms. The van der Waals surface area contributed by atoms with Crippen LogP contribution in [-0.2, 0) is 11.8 Å². The lowest BCUT2D eigenvalue weighted by Crippen LogP contribution is -2.12. The number of benzene rings is 1. The normalized spacial score (nSPS) is 33.4. The van der Waals surface area contributed by atoms with Gasteiger partial charge in [0.05, 0.1) is 0 Å². The molecule has 1 saturated carbocycles. The van der Waals surface area contributed by atoms with Crippen molar-refractivity contribution in [2.45, 2.75) is 31.6 Å². The summed E-state index contributed by atoms with van der Waals surface area (Å²) in [5, 5.41) is 0. The van der Waals surface area contributed by atoms with Crippen LogP contribution in [0.1, 0.15) is 29.5 Å². The fourth-order valence-electron chi connectivity index (χ4n) is 3.19. The summed E-state index contributed by atoms with van der Waals surface area (Å²) in [4.78, 5) is 0. The number of fused-ring (bicyclic) bond motifs is 2. The van der Waals surface area contributed by atoms with Gasteiger partial charge in [0, 0.05) is 5.41 Å². The third kappa shape index (κ3) is 0.936. The Bertz CT molecular complexity index is 383. The Balaban J connectivity index is 2.06. The second kappa shape index (κ2) is 2.60. The molecular formula is C13H17N. The molecule has 0 aliphatic heterocycles. The van der Waals surface area contributed by atoms with Crippen LogP contribution in [0, 0.1) is 12.8 Å². The highest BCUT2D eigenvalue weighted by molar-refractivity contribution is 5.46. The molecule has 0 aromatic heterocycles. The van der Waals surface area contributed by atoms with Crippen LogP contribution >= 0.6 is 0 Å². The van der Waals surface area contributed by atoms with Crippen molar-refractivity contribution in [1.82, 2.24) is 0 Å². The number of hydrogen-bond acceptors (Lipinski definition) is 1. The van der Waals surface area contributed by atoms with E-state index < -0.39 is 0 Å². The molecule has 2 aliphatic carbocycles. The Morgan fingerprint density at radius 1 is 1.50 bits per heavy atom. The standard InChI is InChI=1S/C13H17N/c1-9-2-3-10-4-5-13(12(10)6-9)7-11(13)8-14/h2-3,6,11H,4-5,7-8,14H2,1H3. The average Bonchev–Trinajstić information content (AvgIpc) is 2.80. The molecule has 2 N–H and O–H groups in total. The summed E-state index contributed by atoms with van der Waals surface area (Å²) in [5.74, 6) is 0.769. The van der Waals surface area contributed by atoms with Crippen LogP contribution in [0.25, 0.3) is 0 Å². The Hall–Kier alpha value is -0.820. The van der Waals surface area contributed by atoms with Crippen LogP contribution in [0.15, 0.2) is 18.2 Å². The minimum atomic E-state index is 0.510. The molecule has 1 nitrogen and oxygen atoms in total. The van der Waals surface area contributed by atoms with Crippen molar-refractivity contribution >= 4 is 0 Å². The molecule has 3 rings (SSSR count). The van der Waals surface area contributed by atoms with Gasteiger partial charge in [-0.25, -0.2) is 0 Å². The topological polar surface area (TPSA) is 26.0 Å². The molecule has 1 aromatic rings. The largest absolute Gasteiger partial charge is 0.330 e. The molecule has 1 aromatic carbocycles. The molecule has 2 atom stereocenters. The molecule has 0 bridgehead atoms. The first-order valence-electron chi connectivity index (χ1n) is 5.56. The zero-order valence-corrected chi connectivity index (χ0v) is 8.72. The van der Waals surface area contributed by atoms with Gasteiger partial charge in [0.15, 0.2) is 0 Å². The summed E-state index contributed by atoms with van der Waals surface area (Å²) in [6.45, 7) is 3.06. The van der Waals surface area contributed by atoms with Crippen molar-refractivity contribution in [2.24, 2.45) is 11.7 Å². The van der Waals surface area contributed by atoms with E-state index in [4.69, 9.17) is 5.73 Å². The van der Waals surface area contributed by atoms with Gasteiger partial charge in [-0.15, -0.1) is 0 Å². The molecule has 1 spiro atoms. The molecule has 0 heterocycles. The Morgan fingerprint density at radius 3 is 3.07 bits per heavy atom. The van der Waals surface area contributed by atoms with E-state index in [2.05, 4.69) is 25.1 Å².